The third-order valence-electron chi connectivity index (χ3n) is 5.13. The first-order valence-electron chi connectivity index (χ1n) is 8.82. The van der Waals surface area contributed by atoms with Crippen molar-refractivity contribution in [2.75, 3.05) is 52.9 Å². The van der Waals surface area contributed by atoms with Gasteiger partial charge in [0.1, 0.15) is 0 Å². The second-order valence-corrected chi connectivity index (χ2v) is 7.96. The second kappa shape index (κ2) is 7.64. The zero-order chi connectivity index (χ0) is 16.2. The van der Waals surface area contributed by atoms with Crippen LogP contribution < -0.4 is 5.32 Å². The average molecular weight is 310 g/mol. The first-order chi connectivity index (χ1) is 10.4. The normalized spacial score (nSPS) is 25.5. The molecule has 2 rings (SSSR count). The molecule has 128 valence electrons. The van der Waals surface area contributed by atoms with Crippen LogP contribution in [0.1, 0.15) is 40.0 Å². The molecular weight excluding hydrogens is 276 g/mol. The number of hydrogen-bond acceptors (Lipinski definition) is 3. The number of likely N-dealkylation sites (N-methyl/N-ethyl adjacent to an activating group) is 1. The summed E-state index contributed by atoms with van der Waals surface area (Å²) in [4.78, 5) is 19.3. The van der Waals surface area contributed by atoms with Crippen molar-refractivity contribution in [1.82, 2.24) is 20.0 Å². The van der Waals surface area contributed by atoms with Crippen molar-refractivity contribution in [2.24, 2.45) is 5.41 Å². The number of amides is 2. The monoisotopic (exact) mass is 310 g/mol. The van der Waals surface area contributed by atoms with E-state index in [0.717, 1.165) is 58.7 Å². The summed E-state index contributed by atoms with van der Waals surface area (Å²) < 4.78 is 0. The van der Waals surface area contributed by atoms with Crippen LogP contribution in [0.15, 0.2) is 0 Å². The number of likely N-dealkylation sites (tertiary alicyclic amines) is 1. The Morgan fingerprint density at radius 2 is 1.77 bits per heavy atom. The van der Waals surface area contributed by atoms with Crippen LogP contribution >= 0.6 is 0 Å². The SMILES string of the molecule is C[C@H](CN1CCN(C)CC1)NC(=O)N1CCCC(C)(C)CC1. The van der Waals surface area contributed by atoms with Crippen molar-refractivity contribution in [2.45, 2.75) is 46.1 Å². The van der Waals surface area contributed by atoms with Gasteiger partial charge in [-0.1, -0.05) is 13.8 Å². The quantitative estimate of drug-likeness (QED) is 0.864. The van der Waals surface area contributed by atoms with Crippen LogP contribution in [0.2, 0.25) is 0 Å². The van der Waals surface area contributed by atoms with Gasteiger partial charge >= 0.3 is 6.03 Å². The number of carbonyl (C=O) groups excluding carboxylic acids is 1. The standard InChI is InChI=1S/C17H34N4O/c1-15(14-20-12-10-19(4)11-13-20)18-16(22)21-8-5-6-17(2,3)7-9-21/h15H,5-14H2,1-4H3,(H,18,22)/t15-/m1/s1. The Kier molecular flexibility index (Phi) is 6.09. The van der Waals surface area contributed by atoms with Gasteiger partial charge in [0, 0.05) is 51.9 Å². The smallest absolute Gasteiger partial charge is 0.317 e. The number of rotatable bonds is 3. The van der Waals surface area contributed by atoms with Crippen molar-refractivity contribution in [3.8, 4) is 0 Å². The highest BCUT2D eigenvalue weighted by molar-refractivity contribution is 5.74. The second-order valence-electron chi connectivity index (χ2n) is 7.96. The van der Waals surface area contributed by atoms with E-state index in [-0.39, 0.29) is 12.1 Å². The van der Waals surface area contributed by atoms with Crippen LogP contribution in [0.25, 0.3) is 0 Å². The predicted molar refractivity (Wildman–Crippen MR) is 91.1 cm³/mol. The van der Waals surface area contributed by atoms with Crippen LogP contribution in [-0.2, 0) is 0 Å². The Morgan fingerprint density at radius 1 is 1.09 bits per heavy atom. The lowest BCUT2D eigenvalue weighted by atomic mass is 9.85. The van der Waals surface area contributed by atoms with Crippen molar-refractivity contribution in [3.63, 3.8) is 0 Å². The maximum atomic E-state index is 12.5. The molecule has 0 aromatic heterocycles. The lowest BCUT2D eigenvalue weighted by molar-refractivity contribution is 0.141. The largest absolute Gasteiger partial charge is 0.334 e. The summed E-state index contributed by atoms with van der Waals surface area (Å²) in [7, 11) is 2.17. The summed E-state index contributed by atoms with van der Waals surface area (Å²) >= 11 is 0. The average Bonchev–Trinajstić information content (AvgIpc) is 2.62. The number of carbonyl (C=O) groups is 1. The summed E-state index contributed by atoms with van der Waals surface area (Å²) in [6, 6.07) is 0.339. The molecular formula is C17H34N4O. The fourth-order valence-corrected chi connectivity index (χ4v) is 3.39. The Bertz CT molecular complexity index is 364. The molecule has 5 heteroatoms. The van der Waals surface area contributed by atoms with Gasteiger partial charge in [0.2, 0.25) is 0 Å². The van der Waals surface area contributed by atoms with Gasteiger partial charge in [-0.3, -0.25) is 4.90 Å². The van der Waals surface area contributed by atoms with Gasteiger partial charge in [-0.2, -0.15) is 0 Å². The van der Waals surface area contributed by atoms with Crippen LogP contribution in [-0.4, -0.2) is 79.6 Å². The minimum absolute atomic E-state index is 0.124. The van der Waals surface area contributed by atoms with E-state index in [9.17, 15) is 4.79 Å². The molecule has 22 heavy (non-hydrogen) atoms. The lowest BCUT2D eigenvalue weighted by Gasteiger charge is -2.34. The number of nitrogens with zero attached hydrogens (tertiary/aromatic N) is 3. The molecule has 0 unspecified atom stereocenters. The first-order valence-corrected chi connectivity index (χ1v) is 8.82. The Hall–Kier alpha value is -0.810. The third-order valence-corrected chi connectivity index (χ3v) is 5.13. The molecule has 0 aliphatic carbocycles. The number of nitrogens with one attached hydrogen (secondary N) is 1. The molecule has 0 aromatic carbocycles. The van der Waals surface area contributed by atoms with E-state index in [2.05, 4.69) is 42.9 Å². The Morgan fingerprint density at radius 3 is 2.45 bits per heavy atom. The van der Waals surface area contributed by atoms with E-state index in [1.165, 1.54) is 6.42 Å². The highest BCUT2D eigenvalue weighted by Crippen LogP contribution is 2.29. The minimum Gasteiger partial charge on any atom is -0.334 e. The van der Waals surface area contributed by atoms with Gasteiger partial charge in [-0.25, -0.2) is 4.79 Å². The Labute approximate surface area is 136 Å². The van der Waals surface area contributed by atoms with Crippen molar-refractivity contribution in [1.29, 1.82) is 0 Å². The summed E-state index contributed by atoms with van der Waals surface area (Å²) in [5, 5.41) is 3.19. The van der Waals surface area contributed by atoms with Crippen LogP contribution in [0.4, 0.5) is 4.79 Å². The van der Waals surface area contributed by atoms with Gasteiger partial charge < -0.3 is 15.1 Å². The molecule has 2 saturated heterocycles. The van der Waals surface area contributed by atoms with E-state index < -0.39 is 0 Å². The molecule has 2 aliphatic rings. The van der Waals surface area contributed by atoms with E-state index in [4.69, 9.17) is 0 Å². The van der Waals surface area contributed by atoms with Gasteiger partial charge in [0.15, 0.2) is 0 Å². The van der Waals surface area contributed by atoms with E-state index in [1.54, 1.807) is 0 Å². The fourth-order valence-electron chi connectivity index (χ4n) is 3.39. The Balaban J connectivity index is 1.73. The predicted octanol–water partition coefficient (Wildman–Crippen LogP) is 1.84. The minimum atomic E-state index is 0.124. The first kappa shape index (κ1) is 17.5. The molecule has 2 fully saturated rings. The molecule has 0 bridgehead atoms. The molecule has 2 heterocycles. The summed E-state index contributed by atoms with van der Waals surface area (Å²) in [6.07, 6.45) is 3.44. The van der Waals surface area contributed by atoms with Gasteiger partial charge in [-0.05, 0) is 38.6 Å². The summed E-state index contributed by atoms with van der Waals surface area (Å²) in [5.74, 6) is 0. The molecule has 0 spiro atoms. The maximum absolute atomic E-state index is 12.5. The fraction of sp³-hybridized carbons (Fsp3) is 0.941. The summed E-state index contributed by atoms with van der Waals surface area (Å²) in [6.45, 7) is 14.0. The van der Waals surface area contributed by atoms with Gasteiger partial charge in [-0.15, -0.1) is 0 Å². The summed E-state index contributed by atoms with van der Waals surface area (Å²) in [5.41, 5.74) is 0.375. The highest BCUT2D eigenvalue weighted by atomic mass is 16.2. The topological polar surface area (TPSA) is 38.8 Å². The molecule has 1 N–H and O–H groups in total. The van der Waals surface area contributed by atoms with Crippen LogP contribution in [0, 0.1) is 5.41 Å². The molecule has 0 radical (unpaired) electrons. The molecule has 1 atom stereocenters. The highest BCUT2D eigenvalue weighted by Gasteiger charge is 2.26. The zero-order valence-electron chi connectivity index (χ0n) is 14.9. The van der Waals surface area contributed by atoms with Crippen molar-refractivity contribution >= 4 is 6.03 Å². The van der Waals surface area contributed by atoms with E-state index in [0.29, 0.717) is 5.41 Å². The molecule has 0 aromatic rings. The van der Waals surface area contributed by atoms with Crippen LogP contribution in [0.3, 0.4) is 0 Å². The van der Waals surface area contributed by atoms with Crippen molar-refractivity contribution < 1.29 is 4.79 Å². The number of urea groups is 1. The molecule has 2 amide bonds. The van der Waals surface area contributed by atoms with Crippen molar-refractivity contribution in [3.05, 3.63) is 0 Å². The maximum Gasteiger partial charge on any atom is 0.317 e. The van der Waals surface area contributed by atoms with E-state index >= 15 is 0 Å². The van der Waals surface area contributed by atoms with Gasteiger partial charge in [0.25, 0.3) is 0 Å². The third kappa shape index (κ3) is 5.43. The van der Waals surface area contributed by atoms with Gasteiger partial charge in [0.05, 0.1) is 0 Å². The number of piperazine rings is 1. The van der Waals surface area contributed by atoms with Crippen LogP contribution in [0.5, 0.6) is 0 Å². The van der Waals surface area contributed by atoms with E-state index in [1.807, 2.05) is 4.90 Å². The molecule has 2 aliphatic heterocycles. The molecule has 5 nitrogen and oxygen atoms in total. The molecule has 0 saturated carbocycles. The zero-order valence-corrected chi connectivity index (χ0v) is 14.9. The lowest BCUT2D eigenvalue weighted by Crippen LogP contribution is -2.51. The number of hydrogen-bond donors (Lipinski definition) is 1.